The number of anilines is 2. The number of carbonyl (C=O) groups excluding carboxylic acids is 2. The smallest absolute Gasteiger partial charge is 0.243 e. The van der Waals surface area contributed by atoms with E-state index in [0.717, 1.165) is 16.9 Å². The van der Waals surface area contributed by atoms with Crippen LogP contribution in [0.5, 0.6) is 0 Å². The van der Waals surface area contributed by atoms with Crippen LogP contribution in [0.15, 0.2) is 18.2 Å². The molecule has 2 aliphatic heterocycles. The molecule has 3 N–H and O–H groups in total. The second-order valence-electron chi connectivity index (χ2n) is 6.70. The van der Waals surface area contributed by atoms with Gasteiger partial charge >= 0.3 is 0 Å². The first-order valence-corrected chi connectivity index (χ1v) is 8.01. The summed E-state index contributed by atoms with van der Waals surface area (Å²) in [5.74, 6) is -0.445. The summed E-state index contributed by atoms with van der Waals surface area (Å²) in [6.45, 7) is 3.81. The molecule has 23 heavy (non-hydrogen) atoms. The summed E-state index contributed by atoms with van der Waals surface area (Å²) in [5, 5.41) is 15.4. The zero-order chi connectivity index (χ0) is 16.7. The number of nitrogens with one attached hydrogen (secondary N) is 2. The highest BCUT2D eigenvalue weighted by atomic mass is 16.3. The third-order valence-electron chi connectivity index (χ3n) is 4.79. The molecule has 0 saturated carbocycles. The van der Waals surface area contributed by atoms with Crippen LogP contribution < -0.4 is 15.5 Å². The number of likely N-dealkylation sites (N-methyl/N-ethyl adjacent to an activating group) is 1. The number of hydrogen-bond acceptors (Lipinski definition) is 4. The van der Waals surface area contributed by atoms with E-state index in [1.165, 1.54) is 0 Å². The van der Waals surface area contributed by atoms with Gasteiger partial charge in [0.1, 0.15) is 6.04 Å². The molecule has 0 radical (unpaired) electrons. The zero-order valence-corrected chi connectivity index (χ0v) is 13.7. The van der Waals surface area contributed by atoms with Crippen molar-refractivity contribution >= 4 is 23.2 Å². The molecule has 0 saturated heterocycles. The molecule has 0 spiro atoms. The molecular weight excluding hydrogens is 294 g/mol. The number of benzene rings is 1. The molecule has 0 unspecified atom stereocenters. The number of nitrogens with zero attached hydrogens (tertiary/aromatic N) is 1. The minimum Gasteiger partial charge on any atom is -0.394 e. The van der Waals surface area contributed by atoms with Crippen LogP contribution in [0.2, 0.25) is 0 Å². The van der Waals surface area contributed by atoms with Gasteiger partial charge in [0.2, 0.25) is 11.8 Å². The molecule has 3 rings (SSSR count). The third kappa shape index (κ3) is 2.57. The average molecular weight is 317 g/mol. The van der Waals surface area contributed by atoms with E-state index in [1.807, 2.05) is 44.0 Å². The normalized spacial score (nSPS) is 27.0. The van der Waals surface area contributed by atoms with Gasteiger partial charge in [0.15, 0.2) is 0 Å². The Morgan fingerprint density at radius 2 is 2.04 bits per heavy atom. The molecule has 0 fully saturated rings. The summed E-state index contributed by atoms with van der Waals surface area (Å²) in [4.78, 5) is 27.0. The highest BCUT2D eigenvalue weighted by molar-refractivity contribution is 6.05. The predicted octanol–water partition coefficient (Wildman–Crippen LogP) is 1.06. The summed E-state index contributed by atoms with van der Waals surface area (Å²) in [7, 11) is 1.89. The molecule has 0 aliphatic carbocycles. The van der Waals surface area contributed by atoms with Crippen LogP contribution in [-0.2, 0) is 9.59 Å². The number of carbonyl (C=O) groups is 2. The van der Waals surface area contributed by atoms with E-state index in [4.69, 9.17) is 0 Å². The second kappa shape index (κ2) is 5.85. The highest BCUT2D eigenvalue weighted by Crippen LogP contribution is 2.43. The Morgan fingerprint density at radius 3 is 2.70 bits per heavy atom. The van der Waals surface area contributed by atoms with Gasteiger partial charge in [-0.3, -0.25) is 9.59 Å². The number of aliphatic hydroxyl groups excluding tert-OH is 1. The maximum atomic E-state index is 12.7. The lowest BCUT2D eigenvalue weighted by atomic mass is 9.92. The Morgan fingerprint density at radius 1 is 1.30 bits per heavy atom. The number of rotatable bonds is 2. The first-order valence-electron chi connectivity index (χ1n) is 8.01. The first kappa shape index (κ1) is 15.8. The van der Waals surface area contributed by atoms with Crippen molar-refractivity contribution in [3.05, 3.63) is 23.8 Å². The molecule has 6 nitrogen and oxygen atoms in total. The molecule has 124 valence electrons. The van der Waals surface area contributed by atoms with E-state index < -0.39 is 6.04 Å². The van der Waals surface area contributed by atoms with E-state index >= 15 is 0 Å². The fraction of sp³-hybridized carbons (Fsp3) is 0.529. The largest absolute Gasteiger partial charge is 0.394 e. The fourth-order valence-corrected chi connectivity index (χ4v) is 3.74. The summed E-state index contributed by atoms with van der Waals surface area (Å²) < 4.78 is 0. The van der Waals surface area contributed by atoms with Crippen molar-refractivity contribution in [2.24, 2.45) is 5.92 Å². The standard InChI is InChI=1S/C17H23N3O3/c1-9(2)15-17(23)18-10(8-21)7-11-14-12(19-16(11)22)5-4-6-13(14)20(15)3/h4-6,9-11,15,21H,7-8H2,1-3H3,(H,18,23)(H,19,22)/t10-,11-,15-/m0/s1. The van der Waals surface area contributed by atoms with Crippen LogP contribution in [0.4, 0.5) is 11.4 Å². The van der Waals surface area contributed by atoms with Crippen LogP contribution >= 0.6 is 0 Å². The van der Waals surface area contributed by atoms with Gasteiger partial charge in [0.25, 0.3) is 0 Å². The summed E-state index contributed by atoms with van der Waals surface area (Å²) in [6, 6.07) is 4.95. The average Bonchev–Trinajstić information content (AvgIpc) is 2.82. The molecule has 2 heterocycles. The molecule has 0 aromatic heterocycles. The third-order valence-corrected chi connectivity index (χ3v) is 4.79. The molecule has 3 atom stereocenters. The molecule has 6 heteroatoms. The van der Waals surface area contributed by atoms with E-state index in [0.29, 0.717) is 6.42 Å². The lowest BCUT2D eigenvalue weighted by molar-refractivity contribution is -0.124. The Balaban J connectivity index is 2.15. The van der Waals surface area contributed by atoms with Crippen molar-refractivity contribution in [2.45, 2.75) is 38.3 Å². The Labute approximate surface area is 135 Å². The van der Waals surface area contributed by atoms with Crippen LogP contribution in [0, 0.1) is 5.92 Å². The van der Waals surface area contributed by atoms with E-state index in [-0.39, 0.29) is 36.3 Å². The van der Waals surface area contributed by atoms with Gasteiger partial charge < -0.3 is 20.6 Å². The summed E-state index contributed by atoms with van der Waals surface area (Å²) >= 11 is 0. The van der Waals surface area contributed by atoms with Crippen molar-refractivity contribution in [1.82, 2.24) is 5.32 Å². The van der Waals surface area contributed by atoms with E-state index in [1.54, 1.807) is 0 Å². The fourth-order valence-electron chi connectivity index (χ4n) is 3.74. The van der Waals surface area contributed by atoms with Gasteiger partial charge in [-0.2, -0.15) is 0 Å². The SMILES string of the molecule is CC(C)[C@H]1C(=O)N[C@H](CO)C[C@@H]2C(=O)Nc3cccc(c32)N1C. The Hall–Kier alpha value is -2.08. The topological polar surface area (TPSA) is 81.7 Å². The van der Waals surface area contributed by atoms with Crippen LogP contribution in [0.3, 0.4) is 0 Å². The van der Waals surface area contributed by atoms with E-state index in [2.05, 4.69) is 10.6 Å². The van der Waals surface area contributed by atoms with Crippen molar-refractivity contribution in [3.8, 4) is 0 Å². The van der Waals surface area contributed by atoms with Gasteiger partial charge in [0.05, 0.1) is 18.6 Å². The van der Waals surface area contributed by atoms with Gasteiger partial charge in [-0.15, -0.1) is 0 Å². The molecule has 0 bridgehead atoms. The number of hydrogen-bond donors (Lipinski definition) is 3. The maximum Gasteiger partial charge on any atom is 0.243 e. The van der Waals surface area contributed by atoms with Crippen LogP contribution in [0.25, 0.3) is 0 Å². The Bertz CT molecular complexity index is 644. The lowest BCUT2D eigenvalue weighted by Crippen LogP contribution is -2.51. The lowest BCUT2D eigenvalue weighted by Gasteiger charge is -2.33. The van der Waals surface area contributed by atoms with Crippen molar-refractivity contribution < 1.29 is 14.7 Å². The minimum atomic E-state index is -0.426. The van der Waals surface area contributed by atoms with E-state index in [9.17, 15) is 14.7 Å². The zero-order valence-electron chi connectivity index (χ0n) is 13.7. The molecule has 1 aromatic rings. The predicted molar refractivity (Wildman–Crippen MR) is 88.5 cm³/mol. The van der Waals surface area contributed by atoms with Gasteiger partial charge in [-0.25, -0.2) is 0 Å². The second-order valence-corrected chi connectivity index (χ2v) is 6.70. The monoisotopic (exact) mass is 317 g/mol. The van der Waals surface area contributed by atoms with Gasteiger partial charge in [-0.05, 0) is 24.5 Å². The van der Waals surface area contributed by atoms with Crippen LogP contribution in [0.1, 0.15) is 31.7 Å². The molecule has 1 aromatic carbocycles. The van der Waals surface area contributed by atoms with Gasteiger partial charge in [-0.1, -0.05) is 19.9 Å². The summed E-state index contributed by atoms with van der Waals surface area (Å²) in [5.41, 5.74) is 2.64. The Kier molecular flexibility index (Phi) is 4.02. The number of amides is 2. The van der Waals surface area contributed by atoms with Gasteiger partial charge in [0, 0.05) is 24.0 Å². The molecular formula is C17H23N3O3. The van der Waals surface area contributed by atoms with Crippen molar-refractivity contribution in [3.63, 3.8) is 0 Å². The minimum absolute atomic E-state index is 0.0726. The highest BCUT2D eigenvalue weighted by Gasteiger charge is 2.40. The molecule has 2 aliphatic rings. The van der Waals surface area contributed by atoms with Crippen LogP contribution in [-0.4, -0.2) is 42.7 Å². The quantitative estimate of drug-likeness (QED) is 0.762. The maximum absolute atomic E-state index is 12.7. The van der Waals surface area contributed by atoms with Crippen molar-refractivity contribution in [2.75, 3.05) is 23.9 Å². The van der Waals surface area contributed by atoms with Crippen molar-refractivity contribution in [1.29, 1.82) is 0 Å². The summed E-state index contributed by atoms with van der Waals surface area (Å²) in [6.07, 6.45) is 0.400. The molecule has 2 amide bonds. The first-order chi connectivity index (χ1) is 10.9. The number of aliphatic hydroxyl groups is 1.